The first-order valence-electron chi connectivity index (χ1n) is 8.00. The van der Waals surface area contributed by atoms with Crippen molar-refractivity contribution in [2.45, 2.75) is 38.6 Å². The van der Waals surface area contributed by atoms with E-state index < -0.39 is 0 Å². The van der Waals surface area contributed by atoms with Gasteiger partial charge in [0.05, 0.1) is 0 Å². The second kappa shape index (κ2) is 4.34. The summed E-state index contributed by atoms with van der Waals surface area (Å²) in [5.74, 6) is 5.33. The Morgan fingerprint density at radius 1 is 1.21 bits per heavy atom. The Labute approximate surface area is 116 Å². The maximum Gasteiger partial charge on any atom is 0.0138 e. The van der Waals surface area contributed by atoms with Gasteiger partial charge in [-0.2, -0.15) is 0 Å². The van der Waals surface area contributed by atoms with Crippen LogP contribution in [0.25, 0.3) is 0 Å². The fourth-order valence-corrected chi connectivity index (χ4v) is 5.45. The Hall–Kier alpha value is -0.820. The van der Waals surface area contributed by atoms with Crippen LogP contribution in [0.1, 0.15) is 30.4 Å². The highest BCUT2D eigenvalue weighted by Crippen LogP contribution is 2.70. The molecular weight excluding hydrogens is 230 g/mol. The number of rotatable bonds is 4. The van der Waals surface area contributed by atoms with Crippen LogP contribution >= 0.6 is 0 Å². The maximum atomic E-state index is 3.63. The summed E-state index contributed by atoms with van der Waals surface area (Å²) in [4.78, 5) is 0. The minimum absolute atomic E-state index is 0.709. The molecule has 5 unspecified atom stereocenters. The molecule has 3 aliphatic carbocycles. The summed E-state index contributed by atoms with van der Waals surface area (Å²) >= 11 is 0. The summed E-state index contributed by atoms with van der Waals surface area (Å²) in [7, 11) is 2.16. The van der Waals surface area contributed by atoms with Crippen LogP contribution in [0.2, 0.25) is 0 Å². The lowest BCUT2D eigenvalue weighted by Gasteiger charge is -2.20. The van der Waals surface area contributed by atoms with Crippen molar-refractivity contribution in [1.29, 1.82) is 0 Å². The lowest BCUT2D eigenvalue weighted by molar-refractivity contribution is 0.376. The first kappa shape index (κ1) is 12.0. The normalized spacial score (nSPS) is 40.2. The van der Waals surface area contributed by atoms with Gasteiger partial charge in [0, 0.05) is 6.04 Å². The van der Waals surface area contributed by atoms with Gasteiger partial charge in [0.2, 0.25) is 0 Å². The van der Waals surface area contributed by atoms with Crippen molar-refractivity contribution in [3.05, 3.63) is 35.4 Å². The molecule has 1 heteroatoms. The number of hydrogen-bond acceptors (Lipinski definition) is 1. The topological polar surface area (TPSA) is 12.0 Å². The minimum Gasteiger partial charge on any atom is -0.316 e. The summed E-state index contributed by atoms with van der Waals surface area (Å²) < 4.78 is 0. The highest BCUT2D eigenvalue weighted by Gasteiger charge is 2.66. The van der Waals surface area contributed by atoms with Crippen molar-refractivity contribution in [2.75, 3.05) is 7.05 Å². The van der Waals surface area contributed by atoms with Gasteiger partial charge in [-0.3, -0.25) is 0 Å². The fraction of sp³-hybridized carbons (Fsp3) is 0.667. The SMILES string of the molecule is CNC(Cc1cccc(C)c1)C1C2C3CCC(C3)C21. The van der Waals surface area contributed by atoms with Crippen LogP contribution in [0.5, 0.6) is 0 Å². The number of aryl methyl sites for hydroxylation is 1. The molecule has 1 nitrogen and oxygen atoms in total. The van der Waals surface area contributed by atoms with Gasteiger partial charge in [0.15, 0.2) is 0 Å². The lowest BCUT2D eigenvalue weighted by Crippen LogP contribution is -2.32. The fourth-order valence-electron chi connectivity index (χ4n) is 5.45. The van der Waals surface area contributed by atoms with Crippen molar-refractivity contribution >= 4 is 0 Å². The van der Waals surface area contributed by atoms with E-state index in [0.29, 0.717) is 6.04 Å². The van der Waals surface area contributed by atoms with E-state index >= 15 is 0 Å². The van der Waals surface area contributed by atoms with Gasteiger partial charge in [-0.05, 0) is 74.8 Å². The molecule has 1 aromatic rings. The third-order valence-corrected chi connectivity index (χ3v) is 6.17. The molecule has 0 heterocycles. The van der Waals surface area contributed by atoms with E-state index in [2.05, 4.69) is 43.6 Å². The molecule has 4 rings (SSSR count). The Balaban J connectivity index is 1.48. The van der Waals surface area contributed by atoms with Crippen LogP contribution in [0.4, 0.5) is 0 Å². The monoisotopic (exact) mass is 255 g/mol. The molecule has 0 aromatic heterocycles. The van der Waals surface area contributed by atoms with Crippen molar-refractivity contribution in [3.8, 4) is 0 Å². The van der Waals surface area contributed by atoms with Crippen LogP contribution in [0.3, 0.4) is 0 Å². The zero-order chi connectivity index (χ0) is 13.0. The van der Waals surface area contributed by atoms with Gasteiger partial charge in [-0.15, -0.1) is 0 Å². The average Bonchev–Trinajstić information content (AvgIpc) is 2.83. The Morgan fingerprint density at radius 3 is 2.58 bits per heavy atom. The smallest absolute Gasteiger partial charge is 0.0138 e. The van der Waals surface area contributed by atoms with Crippen molar-refractivity contribution in [1.82, 2.24) is 5.32 Å². The van der Waals surface area contributed by atoms with Crippen molar-refractivity contribution in [3.63, 3.8) is 0 Å². The van der Waals surface area contributed by atoms with Crippen molar-refractivity contribution in [2.24, 2.45) is 29.6 Å². The maximum absolute atomic E-state index is 3.63. The van der Waals surface area contributed by atoms with Gasteiger partial charge >= 0.3 is 0 Å². The Bertz CT molecular complexity index is 464. The Morgan fingerprint density at radius 2 is 1.95 bits per heavy atom. The number of benzene rings is 1. The van der Waals surface area contributed by atoms with Crippen LogP contribution < -0.4 is 5.32 Å². The van der Waals surface area contributed by atoms with E-state index in [9.17, 15) is 0 Å². The molecule has 3 fully saturated rings. The highest BCUT2D eigenvalue weighted by molar-refractivity contribution is 5.25. The van der Waals surface area contributed by atoms with Gasteiger partial charge in [0.25, 0.3) is 0 Å². The van der Waals surface area contributed by atoms with Crippen LogP contribution in [0.15, 0.2) is 24.3 Å². The summed E-state index contributed by atoms with van der Waals surface area (Å²) in [6.45, 7) is 2.20. The first-order chi connectivity index (χ1) is 9.28. The molecule has 3 aliphatic rings. The highest BCUT2D eigenvalue weighted by atomic mass is 14.9. The van der Waals surface area contributed by atoms with Crippen molar-refractivity contribution < 1.29 is 0 Å². The third-order valence-electron chi connectivity index (χ3n) is 6.17. The van der Waals surface area contributed by atoms with Crippen LogP contribution in [0, 0.1) is 36.5 Å². The number of likely N-dealkylation sites (N-methyl/N-ethyl adjacent to an activating group) is 1. The molecule has 1 aromatic carbocycles. The van der Waals surface area contributed by atoms with E-state index in [-0.39, 0.29) is 0 Å². The third kappa shape index (κ3) is 1.86. The first-order valence-corrected chi connectivity index (χ1v) is 8.00. The molecule has 0 radical (unpaired) electrons. The number of hydrogen-bond donors (Lipinski definition) is 1. The molecule has 0 spiro atoms. The molecule has 3 saturated carbocycles. The van der Waals surface area contributed by atoms with E-state index in [1.807, 2.05) is 0 Å². The van der Waals surface area contributed by atoms with E-state index in [0.717, 1.165) is 29.6 Å². The van der Waals surface area contributed by atoms with E-state index in [1.54, 1.807) is 6.42 Å². The predicted octanol–water partition coefficient (Wildman–Crippen LogP) is 3.42. The molecular formula is C18H25N. The van der Waals surface area contributed by atoms with Gasteiger partial charge in [-0.1, -0.05) is 29.8 Å². The molecule has 1 N–H and O–H groups in total. The summed E-state index contributed by atoms with van der Waals surface area (Å²) in [5.41, 5.74) is 2.90. The average molecular weight is 255 g/mol. The molecule has 19 heavy (non-hydrogen) atoms. The molecule has 0 aliphatic heterocycles. The van der Waals surface area contributed by atoms with Gasteiger partial charge in [0.1, 0.15) is 0 Å². The zero-order valence-electron chi connectivity index (χ0n) is 12.1. The van der Waals surface area contributed by atoms with E-state index in [1.165, 1.54) is 30.4 Å². The molecule has 102 valence electrons. The number of fused-ring (bicyclic) bond motifs is 5. The summed E-state index contributed by atoms with van der Waals surface area (Å²) in [6.07, 6.45) is 5.84. The number of nitrogens with one attached hydrogen (secondary N) is 1. The second-order valence-corrected chi connectivity index (χ2v) is 7.15. The predicted molar refractivity (Wildman–Crippen MR) is 79.0 cm³/mol. The molecule has 2 bridgehead atoms. The summed E-state index contributed by atoms with van der Waals surface area (Å²) in [5, 5.41) is 3.63. The molecule has 5 atom stereocenters. The quantitative estimate of drug-likeness (QED) is 0.869. The lowest BCUT2D eigenvalue weighted by atomic mass is 9.93. The summed E-state index contributed by atoms with van der Waals surface area (Å²) in [6, 6.07) is 9.76. The van der Waals surface area contributed by atoms with Gasteiger partial charge in [-0.25, -0.2) is 0 Å². The molecule has 0 amide bonds. The zero-order valence-corrected chi connectivity index (χ0v) is 12.1. The standard InChI is InChI=1S/C18H25N/c1-11-4-3-5-12(8-11)9-15(19-2)18-16-13-6-7-14(10-13)17(16)18/h3-5,8,13-19H,6-7,9-10H2,1-2H3. The van der Waals surface area contributed by atoms with Crippen LogP contribution in [-0.4, -0.2) is 13.1 Å². The minimum atomic E-state index is 0.709. The van der Waals surface area contributed by atoms with Gasteiger partial charge < -0.3 is 5.32 Å². The largest absolute Gasteiger partial charge is 0.316 e. The molecule has 0 saturated heterocycles. The second-order valence-electron chi connectivity index (χ2n) is 7.15. The van der Waals surface area contributed by atoms with Crippen LogP contribution in [-0.2, 0) is 6.42 Å². The van der Waals surface area contributed by atoms with E-state index in [4.69, 9.17) is 0 Å². The Kier molecular flexibility index (Phi) is 2.73.